The number of benzene rings is 1. The minimum atomic E-state index is -0.326. The molecule has 0 N–H and O–H groups in total. The van der Waals surface area contributed by atoms with E-state index in [-0.39, 0.29) is 5.76 Å². The van der Waals surface area contributed by atoms with E-state index in [0.29, 0.717) is 5.58 Å². The van der Waals surface area contributed by atoms with E-state index in [9.17, 15) is 4.79 Å². The van der Waals surface area contributed by atoms with Crippen molar-refractivity contribution >= 4 is 22.1 Å². The van der Waals surface area contributed by atoms with Gasteiger partial charge in [-0.1, -0.05) is 12.1 Å². The van der Waals surface area contributed by atoms with Crippen molar-refractivity contribution in [2.45, 2.75) is 0 Å². The lowest BCUT2D eigenvalue weighted by Gasteiger charge is -1.88. The highest BCUT2D eigenvalue weighted by atomic mass is 16.4. The monoisotopic (exact) mass is 198 g/mol. The summed E-state index contributed by atoms with van der Waals surface area (Å²) in [5.74, 6) is -0.326. The van der Waals surface area contributed by atoms with Crippen LogP contribution in [0.1, 0.15) is 0 Å². The molecule has 0 saturated heterocycles. The molecular formula is C11H6N2O2. The van der Waals surface area contributed by atoms with Crippen LogP contribution in [-0.4, -0.2) is 8.80 Å². The smallest absolute Gasteiger partial charge is 0.405 e. The molecule has 4 nitrogen and oxygen atoms in total. The number of hydrogen-bond donors (Lipinski definition) is 0. The quantitative estimate of drug-likeness (QED) is 0.431. The van der Waals surface area contributed by atoms with E-state index in [4.69, 9.17) is 4.42 Å². The summed E-state index contributed by atoms with van der Waals surface area (Å²) in [5.41, 5.74) is 2.55. The van der Waals surface area contributed by atoms with Crippen molar-refractivity contribution in [3.8, 4) is 0 Å². The fourth-order valence-electron chi connectivity index (χ4n) is 2.18. The van der Waals surface area contributed by atoms with E-state index in [0.717, 1.165) is 16.6 Å². The normalized spacial score (nSPS) is 12.3. The van der Waals surface area contributed by atoms with Crippen molar-refractivity contribution in [1.29, 1.82) is 0 Å². The Morgan fingerprint density at radius 2 is 1.87 bits per heavy atom. The Bertz CT molecular complexity index is 829. The molecule has 1 aromatic carbocycles. The van der Waals surface area contributed by atoms with Crippen LogP contribution in [0.15, 0.2) is 45.9 Å². The lowest BCUT2D eigenvalue weighted by atomic mass is 10.2. The number of imidazole rings is 1. The van der Waals surface area contributed by atoms with Crippen LogP contribution >= 0.6 is 0 Å². The van der Waals surface area contributed by atoms with E-state index < -0.39 is 0 Å². The van der Waals surface area contributed by atoms with Gasteiger partial charge in [-0.3, -0.25) is 4.40 Å². The third kappa shape index (κ3) is 0.644. The van der Waals surface area contributed by atoms with Gasteiger partial charge < -0.3 is 4.42 Å². The first kappa shape index (κ1) is 7.11. The number of hydrogen-bond acceptors (Lipinski definition) is 2. The summed E-state index contributed by atoms with van der Waals surface area (Å²) in [4.78, 5) is 11.4. The zero-order valence-corrected chi connectivity index (χ0v) is 7.68. The highest BCUT2D eigenvalue weighted by molar-refractivity contribution is 6.03. The topological polar surface area (TPSA) is 39.0 Å². The maximum atomic E-state index is 11.4. The van der Waals surface area contributed by atoms with Crippen LogP contribution in [0.3, 0.4) is 0 Å². The van der Waals surface area contributed by atoms with Crippen LogP contribution in [0.4, 0.5) is 0 Å². The van der Waals surface area contributed by atoms with Crippen LogP contribution < -0.4 is 5.76 Å². The van der Waals surface area contributed by atoms with Crippen LogP contribution in [0.25, 0.3) is 22.1 Å². The predicted molar refractivity (Wildman–Crippen MR) is 55.6 cm³/mol. The zero-order valence-electron chi connectivity index (χ0n) is 7.68. The standard InChI is InChI=1S/C11H6N2O2/c14-11-13-6-5-12-8-4-2-1-3-7(8)9(15-11)10(12)13/h1-6H. The number of aromatic nitrogens is 2. The summed E-state index contributed by atoms with van der Waals surface area (Å²) in [6.07, 6.45) is 3.60. The fraction of sp³-hybridized carbons (Fsp3) is 0. The van der Waals surface area contributed by atoms with Gasteiger partial charge in [0, 0.05) is 17.8 Å². The number of oxazole rings is 1. The van der Waals surface area contributed by atoms with Gasteiger partial charge in [-0.2, -0.15) is 0 Å². The van der Waals surface area contributed by atoms with E-state index in [1.807, 2.05) is 34.9 Å². The highest BCUT2D eigenvalue weighted by Gasteiger charge is 2.16. The third-order valence-corrected chi connectivity index (χ3v) is 2.82. The molecule has 3 aromatic heterocycles. The van der Waals surface area contributed by atoms with Gasteiger partial charge in [0.15, 0.2) is 11.2 Å². The van der Waals surface area contributed by atoms with Crippen molar-refractivity contribution in [3.63, 3.8) is 0 Å². The summed E-state index contributed by atoms with van der Waals surface area (Å²) in [6, 6.07) is 7.88. The number of para-hydroxylation sites is 1. The van der Waals surface area contributed by atoms with Gasteiger partial charge in [0.25, 0.3) is 0 Å². The van der Waals surface area contributed by atoms with E-state index in [2.05, 4.69) is 0 Å². The second-order valence-electron chi connectivity index (χ2n) is 3.58. The second-order valence-corrected chi connectivity index (χ2v) is 3.58. The van der Waals surface area contributed by atoms with E-state index >= 15 is 0 Å². The van der Waals surface area contributed by atoms with E-state index in [1.54, 1.807) is 6.20 Å². The van der Waals surface area contributed by atoms with Crippen molar-refractivity contribution in [3.05, 3.63) is 47.2 Å². The van der Waals surface area contributed by atoms with Crippen molar-refractivity contribution in [2.75, 3.05) is 0 Å². The van der Waals surface area contributed by atoms with Gasteiger partial charge >= 0.3 is 5.76 Å². The molecule has 0 saturated carbocycles. The molecular weight excluding hydrogens is 192 g/mol. The average Bonchev–Trinajstić information content (AvgIpc) is 2.86. The lowest BCUT2D eigenvalue weighted by Crippen LogP contribution is -2.02. The Labute approximate surface area is 83.3 Å². The molecule has 0 amide bonds. The summed E-state index contributed by atoms with van der Waals surface area (Å²) in [6.45, 7) is 0. The molecule has 4 heteroatoms. The van der Waals surface area contributed by atoms with Gasteiger partial charge in [0.2, 0.25) is 0 Å². The molecule has 3 heterocycles. The number of rotatable bonds is 0. The molecule has 0 bridgehead atoms. The minimum Gasteiger partial charge on any atom is -0.405 e. The summed E-state index contributed by atoms with van der Waals surface area (Å²) in [5, 5.41) is 0.979. The maximum absolute atomic E-state index is 11.4. The first-order valence-corrected chi connectivity index (χ1v) is 4.68. The van der Waals surface area contributed by atoms with Gasteiger partial charge in [-0.15, -0.1) is 0 Å². The summed E-state index contributed by atoms with van der Waals surface area (Å²) < 4.78 is 8.71. The van der Waals surface area contributed by atoms with Gasteiger partial charge in [-0.25, -0.2) is 9.20 Å². The SMILES string of the molecule is O=c1oc2c3ccccc3n3ccn1c23. The first-order chi connectivity index (χ1) is 7.36. The molecule has 0 unspecified atom stereocenters. The van der Waals surface area contributed by atoms with Crippen LogP contribution in [0, 0.1) is 0 Å². The van der Waals surface area contributed by atoms with Crippen LogP contribution in [0.2, 0.25) is 0 Å². The van der Waals surface area contributed by atoms with Crippen LogP contribution in [0.5, 0.6) is 0 Å². The molecule has 0 spiro atoms. The molecule has 0 aliphatic heterocycles. The zero-order chi connectivity index (χ0) is 9.99. The molecule has 72 valence electrons. The lowest BCUT2D eigenvalue weighted by molar-refractivity contribution is 0.548. The average molecular weight is 198 g/mol. The molecule has 0 aliphatic rings. The highest BCUT2D eigenvalue weighted by Crippen LogP contribution is 2.27. The second kappa shape index (κ2) is 2.06. The number of nitrogens with zero attached hydrogens (tertiary/aromatic N) is 2. The van der Waals surface area contributed by atoms with E-state index in [1.165, 1.54) is 4.40 Å². The maximum Gasteiger partial charge on any atom is 0.425 e. The Balaban J connectivity index is 2.57. The molecule has 15 heavy (non-hydrogen) atoms. The molecule has 0 aliphatic carbocycles. The molecule has 4 aromatic rings. The van der Waals surface area contributed by atoms with Crippen molar-refractivity contribution < 1.29 is 4.42 Å². The Morgan fingerprint density at radius 3 is 2.80 bits per heavy atom. The van der Waals surface area contributed by atoms with Gasteiger partial charge in [0.05, 0.1) is 5.52 Å². The van der Waals surface area contributed by atoms with Gasteiger partial charge in [0.1, 0.15) is 0 Å². The Morgan fingerprint density at radius 1 is 1.07 bits per heavy atom. The summed E-state index contributed by atoms with van der Waals surface area (Å²) >= 11 is 0. The Kier molecular flexibility index (Phi) is 0.975. The Hall–Kier alpha value is -2.23. The van der Waals surface area contributed by atoms with Crippen LogP contribution in [-0.2, 0) is 0 Å². The first-order valence-electron chi connectivity index (χ1n) is 4.68. The molecule has 4 rings (SSSR count). The minimum absolute atomic E-state index is 0.326. The summed E-state index contributed by atoms with van der Waals surface area (Å²) in [7, 11) is 0. The fourth-order valence-corrected chi connectivity index (χ4v) is 2.18. The van der Waals surface area contributed by atoms with Crippen molar-refractivity contribution in [2.24, 2.45) is 0 Å². The largest absolute Gasteiger partial charge is 0.425 e. The van der Waals surface area contributed by atoms with Crippen molar-refractivity contribution in [1.82, 2.24) is 8.80 Å². The molecule has 0 atom stereocenters. The molecule has 0 fully saturated rings. The number of fused-ring (bicyclic) bond motifs is 3. The van der Waals surface area contributed by atoms with Gasteiger partial charge in [-0.05, 0) is 12.1 Å². The molecule has 0 radical (unpaired) electrons. The third-order valence-electron chi connectivity index (χ3n) is 2.82. The predicted octanol–water partition coefficient (Wildman–Crippen LogP) is 1.74.